The van der Waals surface area contributed by atoms with E-state index in [0.717, 1.165) is 54.8 Å². The van der Waals surface area contributed by atoms with Gasteiger partial charge in [0.2, 0.25) is 5.91 Å². The van der Waals surface area contributed by atoms with E-state index >= 15 is 0 Å². The van der Waals surface area contributed by atoms with Gasteiger partial charge in [0, 0.05) is 42.7 Å². The molecule has 1 aliphatic heterocycles. The molecule has 1 fully saturated rings. The first kappa shape index (κ1) is 21.7. The van der Waals surface area contributed by atoms with Crippen molar-refractivity contribution < 1.29 is 4.79 Å². The molecule has 7 nitrogen and oxygen atoms in total. The Bertz CT molecular complexity index is 1190. The van der Waals surface area contributed by atoms with Crippen LogP contribution in [-0.4, -0.2) is 38.8 Å². The molecular weight excluding hydrogens is 442 g/mol. The smallest absolute Gasteiger partial charge is 0.259 e. The summed E-state index contributed by atoms with van der Waals surface area (Å²) in [6.07, 6.45) is 5.08. The first-order valence-electron chi connectivity index (χ1n) is 11.4. The van der Waals surface area contributed by atoms with Crippen molar-refractivity contribution in [1.82, 2.24) is 19.9 Å². The fourth-order valence-electron chi connectivity index (χ4n) is 5.17. The summed E-state index contributed by atoms with van der Waals surface area (Å²) >= 11 is 3.09. The molecule has 32 heavy (non-hydrogen) atoms. The van der Waals surface area contributed by atoms with Gasteiger partial charge in [0.25, 0.3) is 5.56 Å². The van der Waals surface area contributed by atoms with Crippen LogP contribution in [0.15, 0.2) is 10.2 Å². The van der Waals surface area contributed by atoms with Crippen LogP contribution in [0.25, 0.3) is 10.2 Å². The summed E-state index contributed by atoms with van der Waals surface area (Å²) in [6, 6.07) is 0. The Morgan fingerprint density at radius 1 is 1.25 bits per heavy atom. The molecule has 3 aromatic rings. The average Bonchev–Trinajstić information content (AvgIpc) is 3.42. The lowest BCUT2D eigenvalue weighted by molar-refractivity contribution is -0.116. The molecule has 170 valence electrons. The Labute approximate surface area is 195 Å². The molecule has 9 heteroatoms. The SMILES string of the molecule is C[C@@H]1C[C@H](C)CN(Cc2csc(NC(=O)CCc3nc4sc5c(c4c(=O)[nH]3)CCC5)n2)C1. The number of thiazole rings is 1. The Morgan fingerprint density at radius 3 is 2.88 bits per heavy atom. The number of hydrogen-bond acceptors (Lipinski definition) is 7. The highest BCUT2D eigenvalue weighted by atomic mass is 32.1. The number of aryl methyl sites for hydroxylation is 3. The van der Waals surface area contributed by atoms with Crippen molar-refractivity contribution in [3.05, 3.63) is 37.7 Å². The Balaban J connectivity index is 1.17. The highest BCUT2D eigenvalue weighted by molar-refractivity contribution is 7.18. The molecule has 1 aliphatic carbocycles. The molecule has 1 amide bonds. The number of nitrogens with zero attached hydrogens (tertiary/aromatic N) is 3. The maximum atomic E-state index is 12.6. The van der Waals surface area contributed by atoms with E-state index in [1.807, 2.05) is 5.38 Å². The van der Waals surface area contributed by atoms with Crippen LogP contribution in [0.2, 0.25) is 0 Å². The quantitative estimate of drug-likeness (QED) is 0.567. The zero-order chi connectivity index (χ0) is 22.2. The fraction of sp³-hybridized carbons (Fsp3) is 0.565. The number of H-pyrrole nitrogens is 1. The van der Waals surface area contributed by atoms with Crippen molar-refractivity contribution in [3.8, 4) is 0 Å². The lowest BCUT2D eigenvalue weighted by Crippen LogP contribution is -2.38. The first-order chi connectivity index (χ1) is 15.4. The molecule has 5 rings (SSSR count). The topological polar surface area (TPSA) is 91.0 Å². The molecule has 0 radical (unpaired) electrons. The van der Waals surface area contributed by atoms with Crippen LogP contribution in [0.1, 0.15) is 55.1 Å². The predicted molar refractivity (Wildman–Crippen MR) is 130 cm³/mol. The zero-order valence-corrected chi connectivity index (χ0v) is 20.2. The standard InChI is InChI=1S/C23H29N5O2S2/c1-13-8-14(2)10-28(9-13)11-15-12-31-23(24-15)27-19(29)7-6-18-25-21(30)20-16-4-3-5-17(16)32-22(20)26-18/h12-14H,3-11H2,1-2H3,(H,24,27,29)(H,25,26,30)/t13-,14+. The van der Waals surface area contributed by atoms with Crippen molar-refractivity contribution in [3.63, 3.8) is 0 Å². The number of thiophene rings is 1. The molecule has 0 aromatic carbocycles. The summed E-state index contributed by atoms with van der Waals surface area (Å²) in [6.45, 7) is 7.65. The van der Waals surface area contributed by atoms with Gasteiger partial charge in [0.1, 0.15) is 10.7 Å². The van der Waals surface area contributed by atoms with Crippen LogP contribution in [0.3, 0.4) is 0 Å². The number of carbonyl (C=O) groups excluding carboxylic acids is 1. The molecule has 1 saturated heterocycles. The van der Waals surface area contributed by atoms with Crippen molar-refractivity contribution in [2.75, 3.05) is 18.4 Å². The molecule has 0 unspecified atom stereocenters. The lowest BCUT2D eigenvalue weighted by atomic mass is 9.92. The normalized spacial score (nSPS) is 21.2. The van der Waals surface area contributed by atoms with E-state index in [0.29, 0.717) is 29.2 Å². The van der Waals surface area contributed by atoms with Gasteiger partial charge in [0.05, 0.1) is 11.1 Å². The van der Waals surface area contributed by atoms with Gasteiger partial charge in [-0.15, -0.1) is 22.7 Å². The molecule has 0 bridgehead atoms. The van der Waals surface area contributed by atoms with Crippen molar-refractivity contribution in [2.45, 2.75) is 58.9 Å². The Kier molecular flexibility index (Phi) is 6.14. The molecule has 2 aliphatic rings. The number of rotatable bonds is 6. The van der Waals surface area contributed by atoms with Gasteiger partial charge in [-0.2, -0.15) is 0 Å². The van der Waals surface area contributed by atoms with Crippen LogP contribution >= 0.6 is 22.7 Å². The van der Waals surface area contributed by atoms with Gasteiger partial charge >= 0.3 is 0 Å². The summed E-state index contributed by atoms with van der Waals surface area (Å²) in [5.74, 6) is 1.89. The third-order valence-corrected chi connectivity index (χ3v) is 8.33. The van der Waals surface area contributed by atoms with Crippen LogP contribution in [0.5, 0.6) is 0 Å². The molecular formula is C23H29N5O2S2. The number of amides is 1. The minimum Gasteiger partial charge on any atom is -0.310 e. The molecule has 3 aromatic heterocycles. The summed E-state index contributed by atoms with van der Waals surface area (Å²) < 4.78 is 0. The number of fused-ring (bicyclic) bond motifs is 3. The van der Waals surface area contributed by atoms with Crippen LogP contribution in [-0.2, 0) is 30.6 Å². The average molecular weight is 472 g/mol. The second-order valence-electron chi connectivity index (χ2n) is 9.38. The number of piperidine rings is 1. The summed E-state index contributed by atoms with van der Waals surface area (Å²) in [5.41, 5.74) is 2.11. The van der Waals surface area contributed by atoms with Gasteiger partial charge < -0.3 is 10.3 Å². The van der Waals surface area contributed by atoms with Crippen LogP contribution in [0.4, 0.5) is 5.13 Å². The monoisotopic (exact) mass is 471 g/mol. The van der Waals surface area contributed by atoms with Crippen LogP contribution < -0.4 is 10.9 Å². The van der Waals surface area contributed by atoms with E-state index in [-0.39, 0.29) is 17.9 Å². The van der Waals surface area contributed by atoms with Gasteiger partial charge in [-0.1, -0.05) is 13.8 Å². The van der Waals surface area contributed by atoms with Gasteiger partial charge in [0.15, 0.2) is 5.13 Å². The number of carbonyl (C=O) groups is 1. The van der Waals surface area contributed by atoms with E-state index in [1.54, 1.807) is 11.3 Å². The minimum atomic E-state index is -0.109. The predicted octanol–water partition coefficient (Wildman–Crippen LogP) is 3.98. The van der Waals surface area contributed by atoms with Crippen molar-refractivity contribution in [2.24, 2.45) is 11.8 Å². The second-order valence-corrected chi connectivity index (χ2v) is 11.3. The van der Waals surface area contributed by atoms with E-state index in [9.17, 15) is 9.59 Å². The third kappa shape index (κ3) is 4.65. The molecule has 0 spiro atoms. The first-order valence-corrected chi connectivity index (χ1v) is 13.1. The largest absolute Gasteiger partial charge is 0.310 e. The maximum absolute atomic E-state index is 12.6. The molecule has 2 atom stereocenters. The number of anilines is 1. The zero-order valence-electron chi connectivity index (χ0n) is 18.6. The van der Waals surface area contributed by atoms with Crippen LogP contribution in [0, 0.1) is 11.8 Å². The summed E-state index contributed by atoms with van der Waals surface area (Å²) in [7, 11) is 0. The minimum absolute atomic E-state index is 0.0734. The number of aromatic amines is 1. The Morgan fingerprint density at radius 2 is 2.06 bits per heavy atom. The fourth-order valence-corrected chi connectivity index (χ4v) is 7.16. The number of likely N-dealkylation sites (tertiary alicyclic amines) is 1. The van der Waals surface area contributed by atoms with Gasteiger partial charge in [-0.25, -0.2) is 9.97 Å². The lowest BCUT2D eigenvalue weighted by Gasteiger charge is -2.34. The van der Waals surface area contributed by atoms with E-state index in [4.69, 9.17) is 0 Å². The summed E-state index contributed by atoms with van der Waals surface area (Å²) in [4.78, 5) is 41.7. The molecule has 0 saturated carbocycles. The van der Waals surface area contributed by atoms with Gasteiger partial charge in [-0.05, 0) is 43.1 Å². The maximum Gasteiger partial charge on any atom is 0.259 e. The number of hydrogen-bond donors (Lipinski definition) is 2. The van der Waals surface area contributed by atoms with E-state index < -0.39 is 0 Å². The second kappa shape index (κ2) is 9.03. The van der Waals surface area contributed by atoms with Crippen molar-refractivity contribution >= 4 is 43.9 Å². The summed E-state index contributed by atoms with van der Waals surface area (Å²) in [5, 5.41) is 6.32. The van der Waals surface area contributed by atoms with Crippen molar-refractivity contribution in [1.29, 1.82) is 0 Å². The number of aromatic nitrogens is 3. The molecule has 2 N–H and O–H groups in total. The number of nitrogens with one attached hydrogen (secondary N) is 2. The highest BCUT2D eigenvalue weighted by Gasteiger charge is 2.23. The third-order valence-electron chi connectivity index (χ3n) is 6.34. The highest BCUT2D eigenvalue weighted by Crippen LogP contribution is 2.34. The van der Waals surface area contributed by atoms with E-state index in [1.165, 1.54) is 28.2 Å². The Hall–Kier alpha value is -2.10. The van der Waals surface area contributed by atoms with E-state index in [2.05, 4.69) is 39.0 Å². The molecule has 4 heterocycles. The van der Waals surface area contributed by atoms with Gasteiger partial charge in [-0.3, -0.25) is 14.5 Å².